The maximum atomic E-state index is 11.6. The predicted octanol–water partition coefficient (Wildman–Crippen LogP) is -0.363. The van der Waals surface area contributed by atoms with Gasteiger partial charge in [-0.25, -0.2) is 9.50 Å². The molecule has 1 amide bonds. The van der Waals surface area contributed by atoms with E-state index in [1.165, 1.54) is 4.52 Å². The molecule has 2 rings (SSSR count). The number of carbonyl (C=O) groups is 2. The molecule has 0 bridgehead atoms. The van der Waals surface area contributed by atoms with Crippen LogP contribution in [0.1, 0.15) is 22.7 Å². The zero-order valence-electron chi connectivity index (χ0n) is 9.62. The first kappa shape index (κ1) is 12.0. The molecule has 2 aromatic rings. The van der Waals surface area contributed by atoms with Gasteiger partial charge in [0.25, 0.3) is 11.7 Å². The Morgan fingerprint density at radius 3 is 2.94 bits per heavy atom. The molecule has 2 heterocycles. The van der Waals surface area contributed by atoms with Crippen molar-refractivity contribution in [1.29, 1.82) is 0 Å². The van der Waals surface area contributed by atoms with E-state index >= 15 is 0 Å². The van der Waals surface area contributed by atoms with E-state index in [9.17, 15) is 9.59 Å². The Morgan fingerprint density at radius 1 is 1.50 bits per heavy atom. The van der Waals surface area contributed by atoms with Crippen molar-refractivity contribution in [2.24, 2.45) is 0 Å². The molecule has 0 saturated heterocycles. The molecule has 94 valence electrons. The number of aryl methyl sites for hydroxylation is 1. The number of rotatable bonds is 4. The summed E-state index contributed by atoms with van der Waals surface area (Å²) in [5, 5.41) is 14.9. The second-order valence-corrected chi connectivity index (χ2v) is 3.63. The maximum Gasteiger partial charge on any atom is 0.305 e. The molecular weight excluding hydrogens is 238 g/mol. The molecule has 8 heteroatoms. The number of nitrogens with one attached hydrogen (secondary N) is 1. The van der Waals surface area contributed by atoms with E-state index in [-0.39, 0.29) is 18.8 Å². The van der Waals surface area contributed by atoms with Gasteiger partial charge in [0, 0.05) is 18.4 Å². The smallest absolute Gasteiger partial charge is 0.305 e. The van der Waals surface area contributed by atoms with Crippen LogP contribution in [-0.4, -0.2) is 43.1 Å². The molecule has 0 aliphatic rings. The van der Waals surface area contributed by atoms with Crippen molar-refractivity contribution in [3.05, 3.63) is 23.8 Å². The summed E-state index contributed by atoms with van der Waals surface area (Å²) in [6.07, 6.45) is 1.43. The van der Waals surface area contributed by atoms with E-state index in [0.29, 0.717) is 5.78 Å². The minimum absolute atomic E-state index is 0.0258. The molecule has 0 unspecified atom stereocenters. The molecular formula is C10H11N5O3. The number of aliphatic carboxylic acids is 1. The largest absolute Gasteiger partial charge is 0.481 e. The molecule has 2 aromatic heterocycles. The molecule has 8 nitrogen and oxygen atoms in total. The van der Waals surface area contributed by atoms with Crippen molar-refractivity contribution in [2.75, 3.05) is 6.54 Å². The van der Waals surface area contributed by atoms with Crippen LogP contribution >= 0.6 is 0 Å². The van der Waals surface area contributed by atoms with E-state index < -0.39 is 11.9 Å². The third kappa shape index (κ3) is 2.42. The van der Waals surface area contributed by atoms with Gasteiger partial charge < -0.3 is 10.4 Å². The van der Waals surface area contributed by atoms with Crippen LogP contribution < -0.4 is 5.32 Å². The third-order valence-electron chi connectivity index (χ3n) is 2.26. The van der Waals surface area contributed by atoms with Crippen LogP contribution in [0.15, 0.2) is 12.3 Å². The Kier molecular flexibility index (Phi) is 3.18. The van der Waals surface area contributed by atoms with E-state index in [1.54, 1.807) is 12.3 Å². The van der Waals surface area contributed by atoms with Crippen molar-refractivity contribution in [2.45, 2.75) is 13.3 Å². The highest BCUT2D eigenvalue weighted by atomic mass is 16.4. The van der Waals surface area contributed by atoms with Crippen LogP contribution in [0.2, 0.25) is 0 Å². The zero-order chi connectivity index (χ0) is 13.1. The monoisotopic (exact) mass is 249 g/mol. The molecule has 0 aromatic carbocycles. The van der Waals surface area contributed by atoms with E-state index in [1.807, 2.05) is 6.92 Å². The molecule has 0 spiro atoms. The molecule has 0 aliphatic carbocycles. The van der Waals surface area contributed by atoms with Gasteiger partial charge in [-0.2, -0.15) is 4.98 Å². The Labute approximate surface area is 102 Å². The van der Waals surface area contributed by atoms with E-state index in [4.69, 9.17) is 5.11 Å². The van der Waals surface area contributed by atoms with Crippen LogP contribution in [0, 0.1) is 6.92 Å². The minimum Gasteiger partial charge on any atom is -0.481 e. The van der Waals surface area contributed by atoms with Crippen molar-refractivity contribution < 1.29 is 14.7 Å². The van der Waals surface area contributed by atoms with Crippen molar-refractivity contribution in [1.82, 2.24) is 24.9 Å². The molecule has 2 N–H and O–H groups in total. The Morgan fingerprint density at radius 2 is 2.28 bits per heavy atom. The normalized spacial score (nSPS) is 10.5. The van der Waals surface area contributed by atoms with Gasteiger partial charge in [0.1, 0.15) is 0 Å². The van der Waals surface area contributed by atoms with Crippen molar-refractivity contribution in [3.8, 4) is 0 Å². The summed E-state index contributed by atoms with van der Waals surface area (Å²) in [5.74, 6) is -1.18. The third-order valence-corrected chi connectivity index (χ3v) is 2.26. The topological polar surface area (TPSA) is 109 Å². The Balaban J connectivity index is 2.13. The second kappa shape index (κ2) is 4.78. The fourth-order valence-electron chi connectivity index (χ4n) is 1.36. The zero-order valence-corrected chi connectivity index (χ0v) is 9.62. The van der Waals surface area contributed by atoms with Crippen LogP contribution in [0.5, 0.6) is 0 Å². The highest BCUT2D eigenvalue weighted by Crippen LogP contribution is 2.01. The number of hydrogen-bond acceptors (Lipinski definition) is 5. The second-order valence-electron chi connectivity index (χ2n) is 3.63. The van der Waals surface area contributed by atoms with Gasteiger partial charge in [-0.1, -0.05) is 0 Å². The number of nitrogens with zero attached hydrogens (tertiary/aromatic N) is 4. The number of amides is 1. The summed E-state index contributed by atoms with van der Waals surface area (Å²) in [6, 6.07) is 1.74. The summed E-state index contributed by atoms with van der Waals surface area (Å²) in [5.41, 5.74) is 0.803. The molecule has 18 heavy (non-hydrogen) atoms. The number of fused-ring (bicyclic) bond motifs is 1. The average molecular weight is 249 g/mol. The van der Waals surface area contributed by atoms with Crippen LogP contribution in [0.4, 0.5) is 0 Å². The molecule has 0 saturated carbocycles. The Bertz CT molecular complexity index is 607. The molecule has 0 aliphatic heterocycles. The Hall–Kier alpha value is -2.51. The number of carboxylic acids is 1. The van der Waals surface area contributed by atoms with E-state index in [2.05, 4.69) is 20.4 Å². The summed E-state index contributed by atoms with van der Waals surface area (Å²) in [7, 11) is 0. The lowest BCUT2D eigenvalue weighted by Gasteiger charge is -1.98. The van der Waals surface area contributed by atoms with Gasteiger partial charge in [0.2, 0.25) is 5.82 Å². The van der Waals surface area contributed by atoms with Gasteiger partial charge in [-0.3, -0.25) is 9.59 Å². The first-order valence-electron chi connectivity index (χ1n) is 5.26. The minimum atomic E-state index is -0.976. The number of carboxylic acid groups (broad SMARTS) is 1. The predicted molar refractivity (Wildman–Crippen MR) is 60.1 cm³/mol. The average Bonchev–Trinajstić information content (AvgIpc) is 2.74. The number of carbonyl (C=O) groups excluding carboxylic acids is 1. The summed E-state index contributed by atoms with van der Waals surface area (Å²) in [6.45, 7) is 1.85. The van der Waals surface area contributed by atoms with Crippen LogP contribution in [0.25, 0.3) is 5.78 Å². The number of hydrogen-bond donors (Lipinski definition) is 2. The van der Waals surface area contributed by atoms with Gasteiger partial charge in [0.15, 0.2) is 0 Å². The quantitative estimate of drug-likeness (QED) is 0.765. The lowest BCUT2D eigenvalue weighted by atomic mass is 10.4. The van der Waals surface area contributed by atoms with E-state index in [0.717, 1.165) is 5.69 Å². The lowest BCUT2D eigenvalue weighted by Crippen LogP contribution is -2.27. The SMILES string of the molecule is Cc1ccnc2nc(C(=O)NCCC(=O)O)nn12. The number of aromatic nitrogens is 4. The molecule has 0 atom stereocenters. The van der Waals surface area contributed by atoms with Gasteiger partial charge in [0.05, 0.1) is 6.42 Å². The molecule has 0 radical (unpaired) electrons. The first-order valence-corrected chi connectivity index (χ1v) is 5.26. The fraction of sp³-hybridized carbons (Fsp3) is 0.300. The lowest BCUT2D eigenvalue weighted by molar-refractivity contribution is -0.136. The molecule has 0 fully saturated rings. The fourth-order valence-corrected chi connectivity index (χ4v) is 1.36. The summed E-state index contributed by atoms with van der Waals surface area (Å²) in [4.78, 5) is 29.9. The summed E-state index contributed by atoms with van der Waals surface area (Å²) < 4.78 is 1.45. The highest BCUT2D eigenvalue weighted by molar-refractivity contribution is 5.91. The first-order chi connectivity index (χ1) is 8.58. The summed E-state index contributed by atoms with van der Waals surface area (Å²) >= 11 is 0. The van der Waals surface area contributed by atoms with Gasteiger partial charge >= 0.3 is 5.97 Å². The van der Waals surface area contributed by atoms with Gasteiger partial charge in [-0.05, 0) is 13.0 Å². The van der Waals surface area contributed by atoms with Gasteiger partial charge in [-0.15, -0.1) is 5.10 Å². The van der Waals surface area contributed by atoms with Crippen LogP contribution in [0.3, 0.4) is 0 Å². The van der Waals surface area contributed by atoms with Crippen LogP contribution in [-0.2, 0) is 4.79 Å². The maximum absolute atomic E-state index is 11.6. The standard InChI is InChI=1S/C10H11N5O3/c1-6-2-4-12-10-13-8(14-15(6)10)9(18)11-5-3-7(16)17/h2,4H,3,5H2,1H3,(H,11,18)(H,16,17). The van der Waals surface area contributed by atoms with Crippen molar-refractivity contribution >= 4 is 17.7 Å². The van der Waals surface area contributed by atoms with Crippen molar-refractivity contribution in [3.63, 3.8) is 0 Å². The highest BCUT2D eigenvalue weighted by Gasteiger charge is 2.13.